The summed E-state index contributed by atoms with van der Waals surface area (Å²) < 4.78 is 6.16. The molecule has 53 heavy (non-hydrogen) atoms. The molecule has 2 nitrogen and oxygen atoms in total. The molecule has 0 radical (unpaired) electrons. The molecular weight excluding hydrogens is 661 g/mol. The molecule has 3 heterocycles. The molecule has 248 valence electrons. The number of thiophene rings is 1. The van der Waals surface area contributed by atoms with E-state index in [1.165, 1.54) is 92.1 Å². The van der Waals surface area contributed by atoms with E-state index in [0.717, 1.165) is 5.69 Å². The number of benzene rings is 8. The summed E-state index contributed by atoms with van der Waals surface area (Å²) >= 11 is 1.88. The molecule has 0 aliphatic rings. The lowest BCUT2D eigenvalue weighted by Gasteiger charge is -2.11. The minimum atomic E-state index is 1.15. The van der Waals surface area contributed by atoms with Crippen molar-refractivity contribution in [3.63, 3.8) is 0 Å². The summed E-state index contributed by atoms with van der Waals surface area (Å²) in [6, 6.07) is 70.7. The van der Waals surface area contributed by atoms with E-state index in [9.17, 15) is 0 Å². The molecule has 3 aromatic heterocycles. The highest BCUT2D eigenvalue weighted by atomic mass is 32.1. The van der Waals surface area contributed by atoms with Gasteiger partial charge in [-0.15, -0.1) is 11.3 Å². The van der Waals surface area contributed by atoms with Gasteiger partial charge in [-0.05, 0) is 94.0 Å². The SMILES string of the molecule is c1ccc(-c2ccc3c(c2)c2cc(-c4ccccc4)ccc2n3-c2ccc(-c3cccc4sc5c(c6ccccc6n5-c5ccccc5)c34)cc2)cc1. The molecule has 8 aromatic carbocycles. The number of para-hydroxylation sites is 2. The van der Waals surface area contributed by atoms with E-state index >= 15 is 0 Å². The fourth-order valence-electron chi connectivity index (χ4n) is 8.32. The monoisotopic (exact) mass is 692 g/mol. The van der Waals surface area contributed by atoms with Crippen molar-refractivity contribution in [2.24, 2.45) is 0 Å². The van der Waals surface area contributed by atoms with Gasteiger partial charge >= 0.3 is 0 Å². The number of aromatic nitrogens is 2. The Hall–Kier alpha value is -6.68. The zero-order valence-corrected chi connectivity index (χ0v) is 29.6. The van der Waals surface area contributed by atoms with Gasteiger partial charge in [0.1, 0.15) is 4.83 Å². The third-order valence-electron chi connectivity index (χ3n) is 10.7. The van der Waals surface area contributed by atoms with Gasteiger partial charge in [0.15, 0.2) is 0 Å². The van der Waals surface area contributed by atoms with Crippen LogP contribution in [0.15, 0.2) is 194 Å². The molecule has 11 rings (SSSR count). The van der Waals surface area contributed by atoms with Gasteiger partial charge in [-0.2, -0.15) is 0 Å². The molecule has 0 amide bonds. The van der Waals surface area contributed by atoms with E-state index in [1.54, 1.807) is 0 Å². The molecule has 0 aliphatic heterocycles. The molecule has 0 unspecified atom stereocenters. The van der Waals surface area contributed by atoms with Gasteiger partial charge in [-0.1, -0.05) is 133 Å². The van der Waals surface area contributed by atoms with Crippen LogP contribution >= 0.6 is 11.3 Å². The van der Waals surface area contributed by atoms with Crippen molar-refractivity contribution in [2.75, 3.05) is 0 Å². The summed E-state index contributed by atoms with van der Waals surface area (Å²) in [7, 11) is 0. The second kappa shape index (κ2) is 11.9. The maximum atomic E-state index is 2.43. The summed E-state index contributed by atoms with van der Waals surface area (Å²) in [5.41, 5.74) is 13.4. The van der Waals surface area contributed by atoms with Crippen LogP contribution in [0.5, 0.6) is 0 Å². The molecule has 0 aliphatic carbocycles. The molecule has 0 spiro atoms. The first-order valence-electron chi connectivity index (χ1n) is 18.1. The van der Waals surface area contributed by atoms with Gasteiger partial charge in [0.25, 0.3) is 0 Å². The Morgan fingerprint density at radius 2 is 0.849 bits per heavy atom. The first-order valence-corrected chi connectivity index (χ1v) is 18.9. The van der Waals surface area contributed by atoms with E-state index in [-0.39, 0.29) is 0 Å². The fourth-order valence-corrected chi connectivity index (χ4v) is 9.60. The summed E-state index contributed by atoms with van der Waals surface area (Å²) in [4.78, 5) is 1.28. The molecule has 0 N–H and O–H groups in total. The summed E-state index contributed by atoms with van der Waals surface area (Å²) in [6.45, 7) is 0. The third kappa shape index (κ3) is 4.71. The molecule has 0 bridgehead atoms. The minimum absolute atomic E-state index is 1.15. The maximum absolute atomic E-state index is 2.43. The normalized spacial score (nSPS) is 11.8. The Labute approximate surface area is 311 Å². The fraction of sp³-hybridized carbons (Fsp3) is 0. The number of hydrogen-bond donors (Lipinski definition) is 0. The van der Waals surface area contributed by atoms with Gasteiger partial charge in [0, 0.05) is 43.0 Å². The van der Waals surface area contributed by atoms with Gasteiger partial charge < -0.3 is 9.13 Å². The molecule has 0 fully saturated rings. The summed E-state index contributed by atoms with van der Waals surface area (Å²) in [6.07, 6.45) is 0. The molecule has 11 aromatic rings. The van der Waals surface area contributed by atoms with Crippen LogP contribution in [0.3, 0.4) is 0 Å². The first-order chi connectivity index (χ1) is 26.3. The quantitative estimate of drug-likeness (QED) is 0.170. The molecule has 0 saturated heterocycles. The number of nitrogens with zero attached hydrogens (tertiary/aromatic N) is 2. The largest absolute Gasteiger partial charge is 0.309 e. The van der Waals surface area contributed by atoms with E-state index in [4.69, 9.17) is 0 Å². The minimum Gasteiger partial charge on any atom is -0.309 e. The van der Waals surface area contributed by atoms with Gasteiger partial charge in [0.05, 0.1) is 16.6 Å². The standard InChI is InChI=1S/C50H32N2S/c1-4-13-33(14-5-1)36-25-29-45-42(31-36)43-32-37(34-15-6-2-7-16-34)26-30-46(43)51(45)39-27-23-35(24-28-39)40-20-12-22-47-48(40)49-41-19-10-11-21-44(41)52(50(49)53-47)38-17-8-3-9-18-38/h1-32H. The van der Waals surface area contributed by atoms with Crippen molar-refractivity contribution < 1.29 is 0 Å². The lowest BCUT2D eigenvalue weighted by atomic mass is 9.99. The van der Waals surface area contributed by atoms with Crippen molar-refractivity contribution in [3.8, 4) is 44.8 Å². The Kier molecular flexibility index (Phi) is 6.76. The molecule has 0 saturated carbocycles. The lowest BCUT2D eigenvalue weighted by Crippen LogP contribution is -1.94. The highest BCUT2D eigenvalue weighted by Crippen LogP contribution is 2.46. The number of rotatable bonds is 5. The van der Waals surface area contributed by atoms with Crippen molar-refractivity contribution in [1.82, 2.24) is 9.13 Å². The number of fused-ring (bicyclic) bond motifs is 8. The average Bonchev–Trinajstić information content (AvgIpc) is 3.88. The van der Waals surface area contributed by atoms with Gasteiger partial charge in [0.2, 0.25) is 0 Å². The van der Waals surface area contributed by atoms with Crippen molar-refractivity contribution in [1.29, 1.82) is 0 Å². The second-order valence-electron chi connectivity index (χ2n) is 13.7. The average molecular weight is 693 g/mol. The number of hydrogen-bond acceptors (Lipinski definition) is 1. The van der Waals surface area contributed by atoms with Crippen LogP contribution in [0.4, 0.5) is 0 Å². The van der Waals surface area contributed by atoms with Gasteiger partial charge in [-0.3, -0.25) is 0 Å². The Balaban J connectivity index is 1.09. The smallest absolute Gasteiger partial charge is 0.109 e. The zero-order chi connectivity index (χ0) is 34.9. The Morgan fingerprint density at radius 1 is 0.321 bits per heavy atom. The van der Waals surface area contributed by atoms with E-state index < -0.39 is 0 Å². The highest BCUT2D eigenvalue weighted by molar-refractivity contribution is 7.26. The highest BCUT2D eigenvalue weighted by Gasteiger charge is 2.20. The predicted molar refractivity (Wildman–Crippen MR) is 227 cm³/mol. The van der Waals surface area contributed by atoms with E-state index in [0.29, 0.717) is 0 Å². The van der Waals surface area contributed by atoms with Crippen LogP contribution in [-0.2, 0) is 0 Å². The second-order valence-corrected chi connectivity index (χ2v) is 14.8. The summed E-state index contributed by atoms with van der Waals surface area (Å²) in [5, 5.41) is 6.45. The van der Waals surface area contributed by atoms with E-state index in [2.05, 4.69) is 203 Å². The van der Waals surface area contributed by atoms with Crippen molar-refractivity contribution >= 4 is 64.3 Å². The molecule has 0 atom stereocenters. The van der Waals surface area contributed by atoms with Crippen LogP contribution in [0.2, 0.25) is 0 Å². The Morgan fingerprint density at radius 3 is 1.49 bits per heavy atom. The first kappa shape index (κ1) is 30.0. The Bertz CT molecular complexity index is 3030. The molecular formula is C50H32N2S. The van der Waals surface area contributed by atoms with Crippen LogP contribution in [-0.4, -0.2) is 9.13 Å². The van der Waals surface area contributed by atoms with E-state index in [1.807, 2.05) is 11.3 Å². The van der Waals surface area contributed by atoms with Crippen LogP contribution in [0, 0.1) is 0 Å². The van der Waals surface area contributed by atoms with Gasteiger partial charge in [-0.25, -0.2) is 0 Å². The topological polar surface area (TPSA) is 9.86 Å². The van der Waals surface area contributed by atoms with Crippen LogP contribution in [0.1, 0.15) is 0 Å². The third-order valence-corrected chi connectivity index (χ3v) is 11.9. The maximum Gasteiger partial charge on any atom is 0.109 e. The predicted octanol–water partition coefficient (Wildman–Crippen LogP) is 14.1. The van der Waals surface area contributed by atoms with Crippen LogP contribution in [0.25, 0.3) is 97.8 Å². The molecule has 3 heteroatoms. The zero-order valence-electron chi connectivity index (χ0n) is 28.8. The summed E-state index contributed by atoms with van der Waals surface area (Å²) in [5.74, 6) is 0. The van der Waals surface area contributed by atoms with Crippen molar-refractivity contribution in [3.05, 3.63) is 194 Å². The van der Waals surface area contributed by atoms with Crippen molar-refractivity contribution in [2.45, 2.75) is 0 Å². The van der Waals surface area contributed by atoms with Crippen LogP contribution < -0.4 is 0 Å². The lowest BCUT2D eigenvalue weighted by molar-refractivity contribution is 1.18.